The van der Waals surface area contributed by atoms with E-state index in [1.54, 1.807) is 12.3 Å². The van der Waals surface area contributed by atoms with E-state index in [2.05, 4.69) is 10.4 Å². The first-order valence-corrected chi connectivity index (χ1v) is 3.15. The average Bonchev–Trinajstić information content (AvgIpc) is 2.07. The Balaban J connectivity index is 0. The van der Waals surface area contributed by atoms with Crippen LogP contribution in [0.25, 0.3) is 0 Å². The van der Waals surface area contributed by atoms with Gasteiger partial charge in [0.2, 0.25) is 0 Å². The summed E-state index contributed by atoms with van der Waals surface area (Å²) in [4.78, 5) is 3.86. The number of rotatable bonds is 2. The maximum atomic E-state index is 8.41. The third kappa shape index (κ3) is 4.65. The quantitative estimate of drug-likeness (QED) is 0.571. The number of halogens is 2. The van der Waals surface area contributed by atoms with Crippen LogP contribution in [0.5, 0.6) is 0 Å². The molecular formula is C7H10Cl2N4. The zero-order valence-electron chi connectivity index (χ0n) is 6.73. The number of nitriles is 1. The highest BCUT2D eigenvalue weighted by Gasteiger charge is 1.91. The molecule has 0 aliphatic heterocycles. The highest BCUT2D eigenvalue weighted by atomic mass is 35.5. The highest BCUT2D eigenvalue weighted by Crippen LogP contribution is 1.97. The van der Waals surface area contributed by atoms with E-state index in [-0.39, 0.29) is 24.8 Å². The summed E-state index contributed by atoms with van der Waals surface area (Å²) in [6.45, 7) is 0.568. The molecule has 6 heteroatoms. The van der Waals surface area contributed by atoms with E-state index in [0.717, 1.165) is 5.56 Å². The zero-order valence-corrected chi connectivity index (χ0v) is 8.36. The largest absolute Gasteiger partial charge is 0.271 e. The lowest BCUT2D eigenvalue weighted by molar-refractivity contribution is 0.738. The molecule has 0 aromatic carbocycles. The lowest BCUT2D eigenvalue weighted by atomic mass is 10.2. The summed E-state index contributed by atoms with van der Waals surface area (Å²) < 4.78 is 0. The molecule has 13 heavy (non-hydrogen) atoms. The first-order valence-electron chi connectivity index (χ1n) is 3.15. The molecule has 1 rings (SSSR count). The predicted molar refractivity (Wildman–Crippen MR) is 54.5 cm³/mol. The Labute approximate surface area is 88.9 Å². The smallest absolute Gasteiger partial charge is 0.140 e. The van der Waals surface area contributed by atoms with Gasteiger partial charge in [0.25, 0.3) is 0 Å². The van der Waals surface area contributed by atoms with Crippen molar-refractivity contribution in [1.82, 2.24) is 10.4 Å². The Morgan fingerprint density at radius 3 is 2.54 bits per heavy atom. The second-order valence-electron chi connectivity index (χ2n) is 2.04. The van der Waals surface area contributed by atoms with Gasteiger partial charge in [0.1, 0.15) is 11.8 Å². The van der Waals surface area contributed by atoms with E-state index in [1.165, 1.54) is 0 Å². The third-order valence-electron chi connectivity index (χ3n) is 1.25. The Morgan fingerprint density at radius 2 is 2.15 bits per heavy atom. The maximum absolute atomic E-state index is 8.41. The van der Waals surface area contributed by atoms with Crippen molar-refractivity contribution < 1.29 is 0 Å². The number of nitrogens with two attached hydrogens (primary N) is 1. The minimum Gasteiger partial charge on any atom is -0.271 e. The number of nitrogens with zero attached hydrogens (tertiary/aromatic N) is 2. The molecule has 4 nitrogen and oxygen atoms in total. The van der Waals surface area contributed by atoms with Crippen molar-refractivity contribution in [3.05, 3.63) is 29.6 Å². The lowest BCUT2D eigenvalue weighted by Gasteiger charge is -1.96. The van der Waals surface area contributed by atoms with Crippen LogP contribution in [-0.4, -0.2) is 4.98 Å². The Bertz CT molecular complexity index is 267. The minimum absolute atomic E-state index is 0. The fraction of sp³-hybridized carbons (Fsp3) is 0.143. The fourth-order valence-electron chi connectivity index (χ4n) is 0.713. The van der Waals surface area contributed by atoms with Crippen LogP contribution in [0.3, 0.4) is 0 Å². The number of hydrogen-bond acceptors (Lipinski definition) is 4. The van der Waals surface area contributed by atoms with Gasteiger partial charge in [0.15, 0.2) is 0 Å². The van der Waals surface area contributed by atoms with Crippen LogP contribution >= 0.6 is 24.8 Å². The van der Waals surface area contributed by atoms with Crippen molar-refractivity contribution in [2.75, 3.05) is 0 Å². The lowest BCUT2D eigenvalue weighted by Crippen LogP contribution is -2.20. The van der Waals surface area contributed by atoms with E-state index in [0.29, 0.717) is 12.2 Å². The van der Waals surface area contributed by atoms with Gasteiger partial charge in [-0.25, -0.2) is 4.98 Å². The number of hydrogen-bond donors (Lipinski definition) is 2. The summed E-state index contributed by atoms with van der Waals surface area (Å²) >= 11 is 0. The van der Waals surface area contributed by atoms with Gasteiger partial charge in [-0.15, -0.1) is 24.8 Å². The number of hydrazine groups is 1. The standard InChI is InChI=1S/C7H8N4.2ClH/c8-3-7-2-1-6(4-10-7)5-11-9;;/h1-2,4,11H,5,9H2;2*1H. The van der Waals surface area contributed by atoms with E-state index >= 15 is 0 Å². The summed E-state index contributed by atoms with van der Waals surface area (Å²) in [5.41, 5.74) is 3.88. The molecule has 0 aliphatic rings. The molecule has 0 fully saturated rings. The van der Waals surface area contributed by atoms with Crippen molar-refractivity contribution in [3.8, 4) is 6.07 Å². The molecule has 0 aliphatic carbocycles. The number of nitrogens with one attached hydrogen (secondary N) is 1. The average molecular weight is 221 g/mol. The number of aromatic nitrogens is 1. The molecule has 1 aromatic heterocycles. The highest BCUT2D eigenvalue weighted by molar-refractivity contribution is 5.85. The Hall–Kier alpha value is -0.860. The van der Waals surface area contributed by atoms with Crippen LogP contribution in [0, 0.1) is 11.3 Å². The normalized spacial score (nSPS) is 7.69. The molecule has 0 bridgehead atoms. The molecular weight excluding hydrogens is 211 g/mol. The Kier molecular flexibility index (Phi) is 8.76. The minimum atomic E-state index is 0. The monoisotopic (exact) mass is 220 g/mol. The van der Waals surface area contributed by atoms with Crippen molar-refractivity contribution >= 4 is 24.8 Å². The summed E-state index contributed by atoms with van der Waals surface area (Å²) in [5.74, 6) is 5.09. The molecule has 1 heterocycles. The van der Waals surface area contributed by atoms with Gasteiger partial charge >= 0.3 is 0 Å². The first-order chi connectivity index (χ1) is 5.36. The Morgan fingerprint density at radius 1 is 1.46 bits per heavy atom. The van der Waals surface area contributed by atoms with Gasteiger partial charge in [0.05, 0.1) is 0 Å². The SMILES string of the molecule is Cl.Cl.N#Cc1ccc(CNN)cn1. The van der Waals surface area contributed by atoms with Crippen LogP contribution in [0.2, 0.25) is 0 Å². The molecule has 0 unspecified atom stereocenters. The van der Waals surface area contributed by atoms with Gasteiger partial charge in [-0.1, -0.05) is 6.07 Å². The molecule has 0 atom stereocenters. The summed E-state index contributed by atoms with van der Waals surface area (Å²) in [7, 11) is 0. The molecule has 0 amide bonds. The second kappa shape index (κ2) is 7.77. The van der Waals surface area contributed by atoms with Gasteiger partial charge in [0, 0.05) is 12.7 Å². The summed E-state index contributed by atoms with van der Waals surface area (Å²) in [6, 6.07) is 5.40. The second-order valence-corrected chi connectivity index (χ2v) is 2.04. The van der Waals surface area contributed by atoms with Crippen molar-refractivity contribution in [2.45, 2.75) is 6.54 Å². The van der Waals surface area contributed by atoms with Gasteiger partial charge < -0.3 is 0 Å². The summed E-state index contributed by atoms with van der Waals surface area (Å²) in [6.07, 6.45) is 1.62. The van der Waals surface area contributed by atoms with Crippen molar-refractivity contribution in [3.63, 3.8) is 0 Å². The molecule has 0 spiro atoms. The molecule has 1 aromatic rings. The van der Waals surface area contributed by atoms with Crippen LogP contribution in [0.15, 0.2) is 18.3 Å². The van der Waals surface area contributed by atoms with E-state index < -0.39 is 0 Å². The van der Waals surface area contributed by atoms with E-state index in [1.807, 2.05) is 12.1 Å². The van der Waals surface area contributed by atoms with Crippen molar-refractivity contribution in [1.29, 1.82) is 5.26 Å². The molecule has 72 valence electrons. The third-order valence-corrected chi connectivity index (χ3v) is 1.25. The molecule has 0 radical (unpaired) electrons. The van der Waals surface area contributed by atoms with Crippen molar-refractivity contribution in [2.24, 2.45) is 5.84 Å². The number of pyridine rings is 1. The van der Waals surface area contributed by atoms with Crippen LogP contribution < -0.4 is 11.3 Å². The van der Waals surface area contributed by atoms with E-state index in [4.69, 9.17) is 11.1 Å². The van der Waals surface area contributed by atoms with Crippen LogP contribution in [0.4, 0.5) is 0 Å². The van der Waals surface area contributed by atoms with Gasteiger partial charge in [-0.2, -0.15) is 5.26 Å². The predicted octanol–water partition coefficient (Wildman–Crippen LogP) is 0.760. The van der Waals surface area contributed by atoms with Crippen LogP contribution in [-0.2, 0) is 6.54 Å². The summed E-state index contributed by atoms with van der Waals surface area (Å²) in [5, 5.41) is 8.41. The van der Waals surface area contributed by atoms with E-state index in [9.17, 15) is 0 Å². The van der Waals surface area contributed by atoms with Crippen LogP contribution in [0.1, 0.15) is 11.3 Å². The molecule has 0 saturated carbocycles. The fourth-order valence-corrected chi connectivity index (χ4v) is 0.713. The van der Waals surface area contributed by atoms with Gasteiger partial charge in [-0.05, 0) is 11.6 Å². The van der Waals surface area contributed by atoms with Gasteiger partial charge in [-0.3, -0.25) is 11.3 Å². The molecule has 0 saturated heterocycles. The first kappa shape index (κ1) is 14.7. The molecule has 3 N–H and O–H groups in total. The zero-order chi connectivity index (χ0) is 8.10. The topological polar surface area (TPSA) is 74.7 Å². The maximum Gasteiger partial charge on any atom is 0.140 e.